The summed E-state index contributed by atoms with van der Waals surface area (Å²) in [7, 11) is 0. The topological polar surface area (TPSA) is 68.0 Å². The Morgan fingerprint density at radius 1 is 1.38 bits per heavy atom. The third-order valence-corrected chi connectivity index (χ3v) is 5.71. The number of nitrogens with one attached hydrogen (secondary N) is 1. The van der Waals surface area contributed by atoms with Crippen LogP contribution in [0, 0.1) is 13.8 Å². The average Bonchev–Trinajstić information content (AvgIpc) is 3.29. The van der Waals surface area contributed by atoms with Crippen molar-refractivity contribution in [3.8, 4) is 0 Å². The van der Waals surface area contributed by atoms with E-state index in [4.69, 9.17) is 4.52 Å². The van der Waals surface area contributed by atoms with Crippen LogP contribution in [-0.2, 0) is 17.6 Å². The summed E-state index contributed by atoms with van der Waals surface area (Å²) in [6.45, 7) is 4.06. The Balaban J connectivity index is 1.68. The lowest BCUT2D eigenvalue weighted by Gasteiger charge is -2.16. The number of hydrogen-bond donors (Lipinski definition) is 1. The first-order chi connectivity index (χ1) is 11.6. The number of thiazole rings is 1. The quantitative estimate of drug-likeness (QED) is 0.694. The molecule has 5 nitrogen and oxygen atoms in total. The van der Waals surface area contributed by atoms with Crippen LogP contribution in [-0.4, -0.2) is 16.0 Å². The number of nitrogens with zero attached hydrogens (tertiary/aromatic N) is 2. The molecule has 3 aromatic heterocycles. The van der Waals surface area contributed by atoms with Gasteiger partial charge in [-0.15, -0.1) is 11.3 Å². The number of thiophene rings is 1. The molecule has 126 valence electrons. The molecular weight excluding hydrogens is 342 g/mol. The zero-order valence-corrected chi connectivity index (χ0v) is 15.2. The van der Waals surface area contributed by atoms with Crippen LogP contribution >= 0.6 is 22.7 Å². The van der Waals surface area contributed by atoms with E-state index in [9.17, 15) is 4.79 Å². The highest BCUT2D eigenvalue weighted by Crippen LogP contribution is 2.26. The number of aryl methyl sites for hydroxylation is 3. The fourth-order valence-electron chi connectivity index (χ4n) is 2.37. The summed E-state index contributed by atoms with van der Waals surface area (Å²) in [6, 6.07) is 3.77. The van der Waals surface area contributed by atoms with E-state index in [1.54, 1.807) is 34.9 Å². The molecule has 0 fully saturated rings. The molecule has 0 aliphatic carbocycles. The molecule has 24 heavy (non-hydrogen) atoms. The first-order valence-electron chi connectivity index (χ1n) is 7.75. The van der Waals surface area contributed by atoms with E-state index >= 15 is 0 Å². The Labute approximate surface area is 148 Å². The molecule has 1 atom stereocenters. The Morgan fingerprint density at radius 2 is 2.25 bits per heavy atom. The molecule has 7 heteroatoms. The van der Waals surface area contributed by atoms with Crippen molar-refractivity contribution in [2.75, 3.05) is 0 Å². The Kier molecular flexibility index (Phi) is 5.42. The summed E-state index contributed by atoms with van der Waals surface area (Å²) in [6.07, 6.45) is 3.27. The number of carbonyl (C=O) groups excluding carboxylic acids is 1. The second kappa shape index (κ2) is 7.72. The highest BCUT2D eigenvalue weighted by molar-refractivity contribution is 7.11. The van der Waals surface area contributed by atoms with Gasteiger partial charge in [-0.2, -0.15) is 11.3 Å². The molecule has 0 aromatic carbocycles. The van der Waals surface area contributed by atoms with Crippen molar-refractivity contribution in [1.29, 1.82) is 0 Å². The molecule has 1 N–H and O–H groups in total. The van der Waals surface area contributed by atoms with Gasteiger partial charge in [0, 0.05) is 30.2 Å². The third-order valence-electron chi connectivity index (χ3n) is 3.79. The molecule has 0 bridgehead atoms. The standard InChI is InChI=1S/C17H19N3O2S2/c1-11-12(2)24-17(19-11)15(9-13-6-8-23-10-13)20-16(21)4-3-14-5-7-18-22-14/h5-8,10,15H,3-4,9H2,1-2H3,(H,20,21). The van der Waals surface area contributed by atoms with Crippen LogP contribution in [0.4, 0.5) is 0 Å². The number of rotatable bonds is 7. The van der Waals surface area contributed by atoms with E-state index in [0.29, 0.717) is 12.8 Å². The molecule has 3 aromatic rings. The third kappa shape index (κ3) is 4.30. The maximum atomic E-state index is 12.3. The van der Waals surface area contributed by atoms with Crippen molar-refractivity contribution in [2.45, 2.75) is 39.2 Å². The van der Waals surface area contributed by atoms with E-state index in [-0.39, 0.29) is 11.9 Å². The summed E-state index contributed by atoms with van der Waals surface area (Å²) in [4.78, 5) is 18.2. The normalized spacial score (nSPS) is 12.2. The molecule has 0 saturated heterocycles. The van der Waals surface area contributed by atoms with E-state index in [1.165, 1.54) is 10.4 Å². The summed E-state index contributed by atoms with van der Waals surface area (Å²) in [5.41, 5.74) is 2.24. The minimum atomic E-state index is -0.0979. The van der Waals surface area contributed by atoms with Crippen molar-refractivity contribution >= 4 is 28.6 Å². The summed E-state index contributed by atoms with van der Waals surface area (Å²) in [5, 5.41) is 11.9. The van der Waals surface area contributed by atoms with Crippen molar-refractivity contribution < 1.29 is 9.32 Å². The van der Waals surface area contributed by atoms with Gasteiger partial charge in [-0.1, -0.05) is 5.16 Å². The molecular formula is C17H19N3O2S2. The second-order valence-corrected chi connectivity index (χ2v) is 7.64. The van der Waals surface area contributed by atoms with Gasteiger partial charge in [-0.3, -0.25) is 4.79 Å². The lowest BCUT2D eigenvalue weighted by molar-refractivity contribution is -0.121. The van der Waals surface area contributed by atoms with Gasteiger partial charge >= 0.3 is 0 Å². The van der Waals surface area contributed by atoms with Gasteiger partial charge in [0.25, 0.3) is 0 Å². The summed E-state index contributed by atoms with van der Waals surface area (Å²) >= 11 is 3.31. The molecule has 3 heterocycles. The maximum absolute atomic E-state index is 12.3. The van der Waals surface area contributed by atoms with Gasteiger partial charge in [-0.05, 0) is 36.2 Å². The lowest BCUT2D eigenvalue weighted by Crippen LogP contribution is -2.30. The van der Waals surface area contributed by atoms with Crippen molar-refractivity contribution in [3.63, 3.8) is 0 Å². The predicted molar refractivity (Wildman–Crippen MR) is 95.3 cm³/mol. The molecule has 3 rings (SSSR count). The van der Waals surface area contributed by atoms with E-state index in [0.717, 1.165) is 22.9 Å². The number of hydrogen-bond acceptors (Lipinski definition) is 6. The molecule has 0 aliphatic rings. The minimum Gasteiger partial charge on any atom is -0.361 e. The van der Waals surface area contributed by atoms with Crippen LogP contribution in [0.5, 0.6) is 0 Å². The Bertz CT molecular complexity index is 759. The van der Waals surface area contributed by atoms with Gasteiger partial charge in [0.15, 0.2) is 0 Å². The van der Waals surface area contributed by atoms with Gasteiger partial charge < -0.3 is 9.84 Å². The number of carbonyl (C=O) groups is 1. The van der Waals surface area contributed by atoms with Crippen LogP contribution in [0.3, 0.4) is 0 Å². The first-order valence-corrected chi connectivity index (χ1v) is 9.51. The molecule has 0 aliphatic heterocycles. The van der Waals surface area contributed by atoms with Crippen molar-refractivity contribution in [1.82, 2.24) is 15.5 Å². The zero-order valence-electron chi connectivity index (χ0n) is 13.6. The van der Waals surface area contributed by atoms with Crippen LogP contribution in [0.1, 0.15) is 39.4 Å². The first kappa shape index (κ1) is 16.9. The van der Waals surface area contributed by atoms with E-state index in [2.05, 4.69) is 39.2 Å². The molecule has 1 amide bonds. The molecule has 0 saturated carbocycles. The van der Waals surface area contributed by atoms with Crippen LogP contribution < -0.4 is 5.32 Å². The maximum Gasteiger partial charge on any atom is 0.221 e. The number of aromatic nitrogens is 2. The van der Waals surface area contributed by atoms with E-state index < -0.39 is 0 Å². The lowest BCUT2D eigenvalue weighted by atomic mass is 10.1. The summed E-state index contributed by atoms with van der Waals surface area (Å²) in [5.74, 6) is 0.720. The van der Waals surface area contributed by atoms with Crippen LogP contribution in [0.2, 0.25) is 0 Å². The second-order valence-electron chi connectivity index (χ2n) is 5.63. The smallest absolute Gasteiger partial charge is 0.221 e. The Hall–Kier alpha value is -1.99. The van der Waals surface area contributed by atoms with Crippen molar-refractivity contribution in [2.24, 2.45) is 0 Å². The van der Waals surface area contributed by atoms with E-state index in [1.807, 2.05) is 6.92 Å². The molecule has 0 spiro atoms. The van der Waals surface area contributed by atoms with Gasteiger partial charge in [0.1, 0.15) is 10.8 Å². The summed E-state index contributed by atoms with van der Waals surface area (Å²) < 4.78 is 5.04. The SMILES string of the molecule is Cc1nc(C(Cc2ccsc2)NC(=O)CCc2ccno2)sc1C. The fraction of sp³-hybridized carbons (Fsp3) is 0.353. The van der Waals surface area contributed by atoms with Crippen LogP contribution in [0.25, 0.3) is 0 Å². The zero-order chi connectivity index (χ0) is 16.9. The molecule has 0 radical (unpaired) electrons. The van der Waals surface area contributed by atoms with Gasteiger partial charge in [0.05, 0.1) is 17.9 Å². The monoisotopic (exact) mass is 361 g/mol. The number of amides is 1. The Morgan fingerprint density at radius 3 is 2.88 bits per heavy atom. The highest BCUT2D eigenvalue weighted by atomic mass is 32.1. The highest BCUT2D eigenvalue weighted by Gasteiger charge is 2.20. The fourth-order valence-corrected chi connectivity index (χ4v) is 4.02. The minimum absolute atomic E-state index is 0.00265. The largest absolute Gasteiger partial charge is 0.361 e. The molecule has 1 unspecified atom stereocenters. The van der Waals surface area contributed by atoms with Gasteiger partial charge in [-0.25, -0.2) is 4.98 Å². The van der Waals surface area contributed by atoms with Gasteiger partial charge in [0.2, 0.25) is 5.91 Å². The van der Waals surface area contributed by atoms with Crippen LogP contribution in [0.15, 0.2) is 33.6 Å². The average molecular weight is 361 g/mol. The van der Waals surface area contributed by atoms with Crippen molar-refractivity contribution in [3.05, 3.63) is 56.0 Å². The predicted octanol–water partition coefficient (Wildman–Crippen LogP) is 3.84.